The molecule has 2 aromatic carbocycles. The highest BCUT2D eigenvalue weighted by Crippen LogP contribution is 2.21. The van der Waals surface area contributed by atoms with Crippen LogP contribution in [0.25, 0.3) is 0 Å². The number of benzene rings is 2. The number of hydrogen-bond acceptors (Lipinski definition) is 2. The van der Waals surface area contributed by atoms with Crippen LogP contribution in [0, 0.1) is 6.92 Å². The molecule has 0 spiro atoms. The van der Waals surface area contributed by atoms with E-state index in [9.17, 15) is 9.59 Å². The fourth-order valence-electron chi connectivity index (χ4n) is 3.33. The third-order valence-electron chi connectivity index (χ3n) is 4.93. The quantitative estimate of drug-likeness (QED) is 0.619. The van der Waals surface area contributed by atoms with Gasteiger partial charge >= 0.3 is 0 Å². The third kappa shape index (κ3) is 7.17. The number of carbonyl (C=O) groups excluding carboxylic acids is 2. The number of carbonyl (C=O) groups is 2. The van der Waals surface area contributed by atoms with Crippen molar-refractivity contribution in [1.82, 2.24) is 10.2 Å². The molecule has 0 aliphatic carbocycles. The molecule has 0 saturated heterocycles. The number of rotatable bonds is 8. The number of nitrogens with one attached hydrogen (secondary N) is 1. The van der Waals surface area contributed by atoms with Crippen LogP contribution in [0.15, 0.2) is 48.5 Å². The van der Waals surface area contributed by atoms with Crippen LogP contribution in [0.4, 0.5) is 0 Å². The van der Waals surface area contributed by atoms with Crippen molar-refractivity contribution in [2.24, 2.45) is 0 Å². The van der Waals surface area contributed by atoms with Crippen LogP contribution in [0.2, 0.25) is 5.02 Å². The molecule has 2 rings (SSSR count). The molecular formula is C25H33ClN2O2. The van der Waals surface area contributed by atoms with Crippen LogP contribution < -0.4 is 5.32 Å². The number of halogens is 1. The largest absolute Gasteiger partial charge is 0.350 e. The SMILES string of the molecule is CC[C@H](C(=O)NC(C)(C)C)N(Cc1ccccc1Cl)C(=O)CCc1ccc(C)cc1. The summed E-state index contributed by atoms with van der Waals surface area (Å²) in [6.45, 7) is 10.1. The molecule has 0 unspecified atom stereocenters. The molecule has 0 saturated carbocycles. The smallest absolute Gasteiger partial charge is 0.243 e. The van der Waals surface area contributed by atoms with E-state index in [1.165, 1.54) is 5.56 Å². The number of nitrogens with zero attached hydrogens (tertiary/aromatic N) is 1. The van der Waals surface area contributed by atoms with Gasteiger partial charge in [-0.3, -0.25) is 9.59 Å². The zero-order chi connectivity index (χ0) is 22.3. The van der Waals surface area contributed by atoms with Gasteiger partial charge in [-0.2, -0.15) is 0 Å². The Kier molecular flexibility index (Phi) is 8.48. The zero-order valence-electron chi connectivity index (χ0n) is 18.7. The lowest BCUT2D eigenvalue weighted by atomic mass is 10.0. The molecule has 162 valence electrons. The predicted molar refractivity (Wildman–Crippen MR) is 123 cm³/mol. The van der Waals surface area contributed by atoms with Crippen LogP contribution in [0.1, 0.15) is 57.2 Å². The maximum absolute atomic E-state index is 13.3. The summed E-state index contributed by atoms with van der Waals surface area (Å²) in [7, 11) is 0. The monoisotopic (exact) mass is 428 g/mol. The molecule has 0 aliphatic heterocycles. The molecule has 0 fully saturated rings. The molecule has 1 atom stereocenters. The van der Waals surface area contributed by atoms with Gasteiger partial charge in [-0.1, -0.05) is 66.6 Å². The molecule has 5 heteroatoms. The van der Waals surface area contributed by atoms with Crippen molar-refractivity contribution in [3.8, 4) is 0 Å². The fraction of sp³-hybridized carbons (Fsp3) is 0.440. The first-order chi connectivity index (χ1) is 14.1. The van der Waals surface area contributed by atoms with Crippen LogP contribution in [0.3, 0.4) is 0 Å². The average Bonchev–Trinajstić information content (AvgIpc) is 2.67. The van der Waals surface area contributed by atoms with E-state index in [4.69, 9.17) is 11.6 Å². The van der Waals surface area contributed by atoms with E-state index in [2.05, 4.69) is 5.32 Å². The standard InChI is InChI=1S/C25H33ClN2O2/c1-6-22(24(30)27-25(3,4)5)28(17-20-9-7-8-10-21(20)26)23(29)16-15-19-13-11-18(2)12-14-19/h7-14,22H,6,15-17H2,1-5H3,(H,27,30)/t22-/m1/s1. The molecule has 0 heterocycles. The van der Waals surface area contributed by atoms with E-state index in [0.717, 1.165) is 11.1 Å². The molecule has 0 bridgehead atoms. The first kappa shape index (κ1) is 23.9. The van der Waals surface area contributed by atoms with Crippen LogP contribution >= 0.6 is 11.6 Å². The summed E-state index contributed by atoms with van der Waals surface area (Å²) < 4.78 is 0. The van der Waals surface area contributed by atoms with Crippen molar-refractivity contribution in [3.05, 3.63) is 70.2 Å². The van der Waals surface area contributed by atoms with Gasteiger partial charge in [-0.15, -0.1) is 0 Å². The van der Waals surface area contributed by atoms with Gasteiger partial charge < -0.3 is 10.2 Å². The summed E-state index contributed by atoms with van der Waals surface area (Å²) in [4.78, 5) is 27.9. The Morgan fingerprint density at radius 1 is 1.07 bits per heavy atom. The van der Waals surface area contributed by atoms with E-state index in [1.807, 2.05) is 83.1 Å². The highest BCUT2D eigenvalue weighted by Gasteiger charge is 2.30. The maximum atomic E-state index is 13.3. The van der Waals surface area contributed by atoms with Crippen molar-refractivity contribution in [1.29, 1.82) is 0 Å². The van der Waals surface area contributed by atoms with Gasteiger partial charge in [-0.05, 0) is 57.7 Å². The van der Waals surface area contributed by atoms with Gasteiger partial charge in [0.05, 0.1) is 0 Å². The highest BCUT2D eigenvalue weighted by atomic mass is 35.5. The van der Waals surface area contributed by atoms with E-state index in [0.29, 0.717) is 30.8 Å². The van der Waals surface area contributed by atoms with E-state index >= 15 is 0 Å². The zero-order valence-corrected chi connectivity index (χ0v) is 19.4. The Morgan fingerprint density at radius 2 is 1.70 bits per heavy atom. The molecule has 2 aromatic rings. The van der Waals surface area contributed by atoms with Gasteiger partial charge in [-0.25, -0.2) is 0 Å². The van der Waals surface area contributed by atoms with Crippen LogP contribution in [-0.2, 0) is 22.6 Å². The number of amides is 2. The summed E-state index contributed by atoms with van der Waals surface area (Å²) in [6.07, 6.45) is 1.50. The lowest BCUT2D eigenvalue weighted by molar-refractivity contribution is -0.142. The third-order valence-corrected chi connectivity index (χ3v) is 5.30. The Balaban J connectivity index is 2.24. The Morgan fingerprint density at radius 3 is 2.27 bits per heavy atom. The average molecular weight is 429 g/mol. The van der Waals surface area contributed by atoms with E-state index < -0.39 is 6.04 Å². The summed E-state index contributed by atoms with van der Waals surface area (Å²) in [5.74, 6) is -0.188. The lowest BCUT2D eigenvalue weighted by Crippen LogP contribution is -2.53. The first-order valence-corrected chi connectivity index (χ1v) is 10.9. The normalized spacial score (nSPS) is 12.3. The fourth-order valence-corrected chi connectivity index (χ4v) is 3.53. The molecular weight excluding hydrogens is 396 g/mol. The summed E-state index contributed by atoms with van der Waals surface area (Å²) in [6, 6.07) is 15.1. The molecule has 0 radical (unpaired) electrons. The van der Waals surface area contributed by atoms with E-state index in [-0.39, 0.29) is 17.4 Å². The van der Waals surface area contributed by atoms with Crippen molar-refractivity contribution < 1.29 is 9.59 Å². The van der Waals surface area contributed by atoms with Gasteiger partial charge in [0.15, 0.2) is 0 Å². The summed E-state index contributed by atoms with van der Waals surface area (Å²) in [5.41, 5.74) is 2.77. The minimum Gasteiger partial charge on any atom is -0.350 e. The number of aryl methyl sites for hydroxylation is 2. The van der Waals surface area contributed by atoms with Gasteiger partial charge in [0.2, 0.25) is 11.8 Å². The second kappa shape index (κ2) is 10.6. The van der Waals surface area contributed by atoms with Crippen molar-refractivity contribution in [2.75, 3.05) is 0 Å². The Hall–Kier alpha value is -2.33. The summed E-state index contributed by atoms with van der Waals surface area (Å²) in [5, 5.41) is 3.62. The van der Waals surface area contributed by atoms with Crippen LogP contribution in [0.5, 0.6) is 0 Å². The minimum absolute atomic E-state index is 0.0496. The summed E-state index contributed by atoms with van der Waals surface area (Å²) >= 11 is 6.36. The highest BCUT2D eigenvalue weighted by molar-refractivity contribution is 6.31. The molecule has 1 N–H and O–H groups in total. The molecule has 0 aromatic heterocycles. The maximum Gasteiger partial charge on any atom is 0.243 e. The molecule has 2 amide bonds. The minimum atomic E-state index is -0.550. The lowest BCUT2D eigenvalue weighted by Gasteiger charge is -2.33. The van der Waals surface area contributed by atoms with Gasteiger partial charge in [0, 0.05) is 23.5 Å². The Bertz CT molecular complexity index is 856. The van der Waals surface area contributed by atoms with Crippen LogP contribution in [-0.4, -0.2) is 28.3 Å². The van der Waals surface area contributed by atoms with E-state index in [1.54, 1.807) is 4.90 Å². The Labute approximate surface area is 185 Å². The molecule has 4 nitrogen and oxygen atoms in total. The molecule has 30 heavy (non-hydrogen) atoms. The second-order valence-electron chi connectivity index (χ2n) is 8.76. The topological polar surface area (TPSA) is 49.4 Å². The van der Waals surface area contributed by atoms with Crippen molar-refractivity contribution in [3.63, 3.8) is 0 Å². The van der Waals surface area contributed by atoms with Crippen molar-refractivity contribution >= 4 is 23.4 Å². The van der Waals surface area contributed by atoms with Gasteiger partial charge in [0.25, 0.3) is 0 Å². The first-order valence-electron chi connectivity index (χ1n) is 10.5. The van der Waals surface area contributed by atoms with Gasteiger partial charge in [0.1, 0.15) is 6.04 Å². The predicted octanol–water partition coefficient (Wildman–Crippen LogP) is 5.30. The second-order valence-corrected chi connectivity index (χ2v) is 9.17. The number of hydrogen-bond donors (Lipinski definition) is 1. The molecule has 0 aliphatic rings. The van der Waals surface area contributed by atoms with Crippen molar-refractivity contribution in [2.45, 2.75) is 72.0 Å².